The molecule has 2 amide bonds. The maximum atomic E-state index is 12.9. The number of aryl methyl sites for hydroxylation is 1. The van der Waals surface area contributed by atoms with Crippen molar-refractivity contribution in [1.82, 2.24) is 14.5 Å². The van der Waals surface area contributed by atoms with Crippen LogP contribution in [0.15, 0.2) is 30.6 Å². The minimum atomic E-state index is -0.203. The van der Waals surface area contributed by atoms with Crippen LogP contribution in [0.25, 0.3) is 0 Å². The number of likely N-dealkylation sites (tertiary alicyclic amines) is 1. The summed E-state index contributed by atoms with van der Waals surface area (Å²) in [6, 6.07) is 5.44. The van der Waals surface area contributed by atoms with Crippen molar-refractivity contribution >= 4 is 17.5 Å². The zero-order chi connectivity index (χ0) is 17.4. The Morgan fingerprint density at radius 1 is 1.40 bits per heavy atom. The number of ether oxygens (including phenoxy) is 1. The van der Waals surface area contributed by atoms with E-state index >= 15 is 0 Å². The Morgan fingerprint density at radius 3 is 3.08 bits per heavy atom. The lowest BCUT2D eigenvalue weighted by molar-refractivity contribution is -0.118. The molecule has 0 bridgehead atoms. The lowest BCUT2D eigenvalue weighted by Gasteiger charge is -2.34. The lowest BCUT2D eigenvalue weighted by atomic mass is 10.0. The van der Waals surface area contributed by atoms with E-state index < -0.39 is 0 Å². The molecule has 25 heavy (non-hydrogen) atoms. The number of nitrogens with one attached hydrogen (secondary N) is 1. The molecule has 1 N–H and O–H groups in total. The van der Waals surface area contributed by atoms with Gasteiger partial charge in [-0.05, 0) is 38.0 Å². The van der Waals surface area contributed by atoms with Crippen molar-refractivity contribution in [2.45, 2.75) is 25.8 Å². The summed E-state index contributed by atoms with van der Waals surface area (Å²) in [7, 11) is 0. The van der Waals surface area contributed by atoms with Crippen molar-refractivity contribution in [1.29, 1.82) is 0 Å². The van der Waals surface area contributed by atoms with Gasteiger partial charge in [0.2, 0.25) is 0 Å². The number of carbonyl (C=O) groups excluding carboxylic acids is 2. The van der Waals surface area contributed by atoms with Crippen molar-refractivity contribution in [3.63, 3.8) is 0 Å². The van der Waals surface area contributed by atoms with Gasteiger partial charge in [0.15, 0.2) is 6.61 Å². The predicted octanol–water partition coefficient (Wildman–Crippen LogP) is 2.00. The molecule has 1 atom stereocenters. The van der Waals surface area contributed by atoms with Gasteiger partial charge in [-0.1, -0.05) is 0 Å². The predicted molar refractivity (Wildman–Crippen MR) is 91.7 cm³/mol. The first kappa shape index (κ1) is 15.7. The summed E-state index contributed by atoms with van der Waals surface area (Å²) in [5, 5.41) is 2.75. The number of aromatic nitrogens is 2. The minimum absolute atomic E-state index is 0.0123. The summed E-state index contributed by atoms with van der Waals surface area (Å²) in [6.45, 7) is 3.39. The van der Waals surface area contributed by atoms with Gasteiger partial charge in [0.05, 0.1) is 11.7 Å². The van der Waals surface area contributed by atoms with Gasteiger partial charge >= 0.3 is 0 Å². The monoisotopic (exact) mass is 340 g/mol. The fourth-order valence-corrected chi connectivity index (χ4v) is 3.54. The molecule has 1 fully saturated rings. The third-order valence-electron chi connectivity index (χ3n) is 4.80. The summed E-state index contributed by atoms with van der Waals surface area (Å²) < 4.78 is 7.49. The SMILES string of the molecule is Cc1nccn1C1CCCN(C(=O)c2ccc3c(c2)NC(=O)CO3)C1. The lowest BCUT2D eigenvalue weighted by Crippen LogP contribution is -2.40. The minimum Gasteiger partial charge on any atom is -0.482 e. The van der Waals surface area contributed by atoms with E-state index in [2.05, 4.69) is 14.9 Å². The van der Waals surface area contributed by atoms with Crippen LogP contribution in [0.1, 0.15) is 35.1 Å². The van der Waals surface area contributed by atoms with Crippen LogP contribution in [0.2, 0.25) is 0 Å². The largest absolute Gasteiger partial charge is 0.482 e. The van der Waals surface area contributed by atoms with Crippen molar-refractivity contribution in [3.8, 4) is 5.75 Å². The number of hydrogen-bond acceptors (Lipinski definition) is 4. The molecule has 3 heterocycles. The quantitative estimate of drug-likeness (QED) is 0.907. The summed E-state index contributed by atoms with van der Waals surface area (Å²) in [5.41, 5.74) is 1.12. The topological polar surface area (TPSA) is 76.5 Å². The van der Waals surface area contributed by atoms with Gasteiger partial charge in [0.25, 0.3) is 11.8 Å². The number of benzene rings is 1. The van der Waals surface area contributed by atoms with Crippen LogP contribution in [0.3, 0.4) is 0 Å². The fourth-order valence-electron chi connectivity index (χ4n) is 3.54. The zero-order valence-electron chi connectivity index (χ0n) is 14.1. The fraction of sp³-hybridized carbons (Fsp3) is 0.389. The van der Waals surface area contributed by atoms with Crippen molar-refractivity contribution in [2.24, 2.45) is 0 Å². The molecule has 1 aromatic carbocycles. The van der Waals surface area contributed by atoms with Gasteiger partial charge < -0.3 is 19.5 Å². The molecule has 7 nitrogen and oxygen atoms in total. The Bertz CT molecular complexity index is 829. The highest BCUT2D eigenvalue weighted by molar-refractivity contribution is 5.99. The van der Waals surface area contributed by atoms with Gasteiger partial charge in [-0.2, -0.15) is 0 Å². The van der Waals surface area contributed by atoms with Crippen LogP contribution >= 0.6 is 0 Å². The van der Waals surface area contributed by atoms with E-state index in [-0.39, 0.29) is 24.5 Å². The number of rotatable bonds is 2. The van der Waals surface area contributed by atoms with E-state index in [1.807, 2.05) is 18.0 Å². The van der Waals surface area contributed by atoms with Crippen LogP contribution in [-0.4, -0.2) is 46.0 Å². The number of hydrogen-bond donors (Lipinski definition) is 1. The van der Waals surface area contributed by atoms with E-state index in [1.54, 1.807) is 24.4 Å². The summed E-state index contributed by atoms with van der Waals surface area (Å²) >= 11 is 0. The average molecular weight is 340 g/mol. The number of piperidine rings is 1. The third kappa shape index (κ3) is 2.97. The molecule has 7 heteroatoms. The number of imidazole rings is 1. The first-order chi connectivity index (χ1) is 12.1. The van der Waals surface area contributed by atoms with Crippen LogP contribution in [0, 0.1) is 6.92 Å². The molecular formula is C18H20N4O3. The van der Waals surface area contributed by atoms with Crippen LogP contribution in [0.4, 0.5) is 5.69 Å². The van der Waals surface area contributed by atoms with Gasteiger partial charge in [-0.25, -0.2) is 4.98 Å². The maximum absolute atomic E-state index is 12.9. The summed E-state index contributed by atoms with van der Waals surface area (Å²) in [6.07, 6.45) is 5.76. The molecule has 4 rings (SSSR count). The molecule has 1 saturated heterocycles. The Labute approximate surface area is 145 Å². The van der Waals surface area contributed by atoms with Crippen molar-refractivity contribution in [3.05, 3.63) is 42.0 Å². The van der Waals surface area contributed by atoms with E-state index in [9.17, 15) is 9.59 Å². The Balaban J connectivity index is 1.53. The second-order valence-electron chi connectivity index (χ2n) is 6.48. The Hall–Kier alpha value is -2.83. The van der Waals surface area contributed by atoms with Gasteiger partial charge in [0, 0.05) is 31.0 Å². The third-order valence-corrected chi connectivity index (χ3v) is 4.80. The zero-order valence-corrected chi connectivity index (χ0v) is 14.1. The van der Waals surface area contributed by atoms with E-state index in [1.165, 1.54) is 0 Å². The van der Waals surface area contributed by atoms with Gasteiger partial charge in [-0.3, -0.25) is 9.59 Å². The second kappa shape index (κ2) is 6.23. The summed E-state index contributed by atoms with van der Waals surface area (Å²) in [5.74, 6) is 1.34. The molecule has 0 spiro atoms. The first-order valence-corrected chi connectivity index (χ1v) is 8.47. The van der Waals surface area contributed by atoms with Crippen LogP contribution in [0.5, 0.6) is 5.75 Å². The summed E-state index contributed by atoms with van der Waals surface area (Å²) in [4.78, 5) is 30.5. The van der Waals surface area contributed by atoms with E-state index in [0.717, 1.165) is 25.2 Å². The van der Waals surface area contributed by atoms with E-state index in [4.69, 9.17) is 4.74 Å². The van der Waals surface area contributed by atoms with Crippen LogP contribution in [-0.2, 0) is 4.79 Å². The van der Waals surface area contributed by atoms with Gasteiger partial charge in [-0.15, -0.1) is 0 Å². The molecule has 1 unspecified atom stereocenters. The molecule has 130 valence electrons. The first-order valence-electron chi connectivity index (χ1n) is 8.47. The van der Waals surface area contributed by atoms with E-state index in [0.29, 0.717) is 23.5 Å². The second-order valence-corrected chi connectivity index (χ2v) is 6.48. The number of fused-ring (bicyclic) bond motifs is 1. The molecule has 0 saturated carbocycles. The molecule has 0 radical (unpaired) electrons. The standard InChI is InChI=1S/C18H20N4O3/c1-12-19-6-8-22(12)14-3-2-7-21(10-14)18(24)13-4-5-16-15(9-13)20-17(23)11-25-16/h4-6,8-9,14H,2-3,7,10-11H2,1H3,(H,20,23). The van der Waals surface area contributed by atoms with Crippen molar-refractivity contribution in [2.75, 3.05) is 25.0 Å². The van der Waals surface area contributed by atoms with Crippen LogP contribution < -0.4 is 10.1 Å². The number of anilines is 1. The average Bonchev–Trinajstić information content (AvgIpc) is 3.06. The highest BCUT2D eigenvalue weighted by atomic mass is 16.5. The number of carbonyl (C=O) groups is 2. The van der Waals surface area contributed by atoms with Gasteiger partial charge in [0.1, 0.15) is 11.6 Å². The number of amides is 2. The molecular weight excluding hydrogens is 320 g/mol. The highest BCUT2D eigenvalue weighted by Crippen LogP contribution is 2.30. The maximum Gasteiger partial charge on any atom is 0.262 e. The molecule has 2 aliphatic heterocycles. The smallest absolute Gasteiger partial charge is 0.262 e. The highest BCUT2D eigenvalue weighted by Gasteiger charge is 2.27. The normalized spacial score (nSPS) is 19.8. The molecule has 0 aliphatic carbocycles. The number of nitrogens with zero attached hydrogens (tertiary/aromatic N) is 3. The Morgan fingerprint density at radius 2 is 2.28 bits per heavy atom. The molecule has 2 aromatic rings. The molecule has 2 aliphatic rings. The van der Waals surface area contributed by atoms with Crippen molar-refractivity contribution < 1.29 is 14.3 Å². The molecule has 1 aromatic heterocycles. The Kier molecular flexibility index (Phi) is 3.91.